The molecule has 2 nitrogen and oxygen atoms in total. The van der Waals surface area contributed by atoms with Crippen LogP contribution in [0.3, 0.4) is 0 Å². The summed E-state index contributed by atoms with van der Waals surface area (Å²) in [6, 6.07) is 7.24. The highest BCUT2D eigenvalue weighted by molar-refractivity contribution is 5.16. The van der Waals surface area contributed by atoms with Crippen LogP contribution in [0.25, 0.3) is 0 Å². The molecule has 1 aromatic rings. The van der Waals surface area contributed by atoms with E-state index in [9.17, 15) is 4.39 Å². The smallest absolute Gasteiger partial charge is 0.123 e. The van der Waals surface area contributed by atoms with E-state index in [1.54, 1.807) is 12.1 Å². The number of nitrogens with one attached hydrogen (secondary N) is 1. The molecule has 1 unspecified atom stereocenters. The lowest BCUT2D eigenvalue weighted by Gasteiger charge is -2.24. The molecule has 0 fully saturated rings. The van der Waals surface area contributed by atoms with Gasteiger partial charge in [0.05, 0.1) is 0 Å². The van der Waals surface area contributed by atoms with Crippen molar-refractivity contribution in [3.8, 4) is 0 Å². The van der Waals surface area contributed by atoms with Crippen LogP contribution in [-0.2, 0) is 6.54 Å². The number of benzene rings is 1. The molecule has 0 aliphatic carbocycles. The maximum Gasteiger partial charge on any atom is 0.123 e. The quantitative estimate of drug-likeness (QED) is 0.802. The number of nitrogens with zero attached hydrogens (tertiary/aromatic N) is 1. The summed E-state index contributed by atoms with van der Waals surface area (Å²) in [6.07, 6.45) is 1.13. The monoisotopic (exact) mass is 252 g/mol. The Balaban J connectivity index is 2.50. The van der Waals surface area contributed by atoms with Crippen molar-refractivity contribution in [1.29, 1.82) is 0 Å². The van der Waals surface area contributed by atoms with Crippen LogP contribution in [0.2, 0.25) is 0 Å². The minimum Gasteiger partial charge on any atom is -0.309 e. The fourth-order valence-corrected chi connectivity index (χ4v) is 2.14. The molecule has 0 bridgehead atoms. The molecular weight excluding hydrogens is 227 g/mol. The van der Waals surface area contributed by atoms with Gasteiger partial charge in [-0.1, -0.05) is 26.0 Å². The second-order valence-corrected chi connectivity index (χ2v) is 5.60. The Morgan fingerprint density at radius 1 is 1.28 bits per heavy atom. The molecule has 18 heavy (non-hydrogen) atoms. The second kappa shape index (κ2) is 7.49. The normalized spacial score (nSPS) is 13.3. The van der Waals surface area contributed by atoms with E-state index in [0.29, 0.717) is 12.0 Å². The van der Waals surface area contributed by atoms with Crippen LogP contribution in [0.5, 0.6) is 0 Å². The summed E-state index contributed by atoms with van der Waals surface area (Å²) in [4.78, 5) is 2.19. The lowest BCUT2D eigenvalue weighted by atomic mass is 10.0. The first-order chi connectivity index (χ1) is 8.47. The zero-order valence-electron chi connectivity index (χ0n) is 11.9. The number of rotatable bonds is 7. The van der Waals surface area contributed by atoms with E-state index >= 15 is 0 Å². The van der Waals surface area contributed by atoms with E-state index in [0.717, 1.165) is 25.1 Å². The topological polar surface area (TPSA) is 15.3 Å². The van der Waals surface area contributed by atoms with Crippen LogP contribution in [0.1, 0.15) is 25.8 Å². The first kappa shape index (κ1) is 15.1. The molecule has 1 atom stereocenters. The van der Waals surface area contributed by atoms with Crippen LogP contribution in [0.15, 0.2) is 24.3 Å². The molecule has 0 aromatic heterocycles. The largest absolute Gasteiger partial charge is 0.309 e. The predicted octanol–water partition coefficient (Wildman–Crippen LogP) is 2.89. The van der Waals surface area contributed by atoms with Gasteiger partial charge < -0.3 is 10.2 Å². The van der Waals surface area contributed by atoms with Gasteiger partial charge >= 0.3 is 0 Å². The molecule has 3 heteroatoms. The van der Waals surface area contributed by atoms with Gasteiger partial charge in [-0.05, 0) is 44.1 Å². The van der Waals surface area contributed by atoms with E-state index in [1.807, 2.05) is 6.07 Å². The summed E-state index contributed by atoms with van der Waals surface area (Å²) in [5.74, 6) is 0.497. The van der Waals surface area contributed by atoms with Crippen molar-refractivity contribution < 1.29 is 4.39 Å². The molecule has 0 aliphatic heterocycles. The molecule has 0 amide bonds. The van der Waals surface area contributed by atoms with Crippen LogP contribution >= 0.6 is 0 Å². The third-order valence-corrected chi connectivity index (χ3v) is 2.83. The van der Waals surface area contributed by atoms with Crippen LogP contribution < -0.4 is 5.32 Å². The minimum atomic E-state index is -0.165. The number of hydrogen-bond donors (Lipinski definition) is 1. The molecule has 0 saturated heterocycles. The maximum atomic E-state index is 13.1. The summed E-state index contributed by atoms with van der Waals surface area (Å²) in [6.45, 7) is 6.19. The van der Waals surface area contributed by atoms with Gasteiger partial charge in [-0.3, -0.25) is 0 Å². The second-order valence-electron chi connectivity index (χ2n) is 5.60. The van der Waals surface area contributed by atoms with Gasteiger partial charge in [0, 0.05) is 19.1 Å². The van der Waals surface area contributed by atoms with Crippen molar-refractivity contribution in [2.24, 2.45) is 5.92 Å². The summed E-state index contributed by atoms with van der Waals surface area (Å²) < 4.78 is 13.1. The molecule has 102 valence electrons. The summed E-state index contributed by atoms with van der Waals surface area (Å²) in [5, 5.41) is 3.52. The molecule has 0 aliphatic rings. The molecule has 1 aromatic carbocycles. The first-order valence-electron chi connectivity index (χ1n) is 6.60. The van der Waals surface area contributed by atoms with Gasteiger partial charge in [0.25, 0.3) is 0 Å². The average Bonchev–Trinajstić information content (AvgIpc) is 2.24. The highest BCUT2D eigenvalue weighted by atomic mass is 19.1. The van der Waals surface area contributed by atoms with E-state index in [-0.39, 0.29) is 5.82 Å². The molecule has 0 radical (unpaired) electrons. The van der Waals surface area contributed by atoms with Gasteiger partial charge in [0.2, 0.25) is 0 Å². The Morgan fingerprint density at radius 2 is 2.00 bits per heavy atom. The van der Waals surface area contributed by atoms with Crippen molar-refractivity contribution in [2.75, 3.05) is 20.6 Å². The van der Waals surface area contributed by atoms with E-state index in [2.05, 4.69) is 38.2 Å². The van der Waals surface area contributed by atoms with Crippen molar-refractivity contribution in [3.05, 3.63) is 35.6 Å². The van der Waals surface area contributed by atoms with Crippen molar-refractivity contribution in [3.63, 3.8) is 0 Å². The first-order valence-corrected chi connectivity index (χ1v) is 6.60. The zero-order valence-corrected chi connectivity index (χ0v) is 11.9. The SMILES string of the molecule is CC(C)CC(CN(C)C)NCc1cccc(F)c1. The molecule has 1 rings (SSSR count). The third-order valence-electron chi connectivity index (χ3n) is 2.83. The van der Waals surface area contributed by atoms with E-state index in [4.69, 9.17) is 0 Å². The number of hydrogen-bond acceptors (Lipinski definition) is 2. The lowest BCUT2D eigenvalue weighted by molar-refractivity contribution is 0.305. The van der Waals surface area contributed by atoms with Crippen molar-refractivity contribution in [1.82, 2.24) is 10.2 Å². The Hall–Kier alpha value is -0.930. The van der Waals surface area contributed by atoms with Crippen molar-refractivity contribution >= 4 is 0 Å². The molecular formula is C15H25FN2. The summed E-state index contributed by atoms with van der Waals surface area (Å²) in [7, 11) is 4.16. The van der Waals surface area contributed by atoms with Gasteiger partial charge in [0.15, 0.2) is 0 Å². The van der Waals surface area contributed by atoms with Crippen LogP contribution in [-0.4, -0.2) is 31.6 Å². The van der Waals surface area contributed by atoms with Crippen LogP contribution in [0.4, 0.5) is 4.39 Å². The Kier molecular flexibility index (Phi) is 6.30. The Morgan fingerprint density at radius 3 is 2.56 bits per heavy atom. The average molecular weight is 252 g/mol. The highest BCUT2D eigenvalue weighted by Crippen LogP contribution is 2.08. The highest BCUT2D eigenvalue weighted by Gasteiger charge is 2.11. The van der Waals surface area contributed by atoms with Gasteiger partial charge in [-0.15, -0.1) is 0 Å². The van der Waals surface area contributed by atoms with E-state index < -0.39 is 0 Å². The van der Waals surface area contributed by atoms with Crippen molar-refractivity contribution in [2.45, 2.75) is 32.9 Å². The van der Waals surface area contributed by atoms with Crippen LogP contribution in [0, 0.1) is 11.7 Å². The minimum absolute atomic E-state index is 0.165. The van der Waals surface area contributed by atoms with Gasteiger partial charge in [-0.25, -0.2) is 4.39 Å². The maximum absolute atomic E-state index is 13.1. The standard InChI is InChI=1S/C15H25FN2/c1-12(2)8-15(11-18(3)4)17-10-13-6-5-7-14(16)9-13/h5-7,9,12,15,17H,8,10-11H2,1-4H3. The lowest BCUT2D eigenvalue weighted by Crippen LogP contribution is -2.38. The predicted molar refractivity (Wildman–Crippen MR) is 75.0 cm³/mol. The molecule has 1 N–H and O–H groups in total. The fraction of sp³-hybridized carbons (Fsp3) is 0.600. The molecule has 0 saturated carbocycles. The summed E-state index contributed by atoms with van der Waals surface area (Å²) in [5.41, 5.74) is 1.00. The molecule has 0 spiro atoms. The summed E-state index contributed by atoms with van der Waals surface area (Å²) >= 11 is 0. The number of halogens is 1. The molecule has 0 heterocycles. The Bertz CT molecular complexity index is 340. The zero-order chi connectivity index (χ0) is 13.5. The fourth-order valence-electron chi connectivity index (χ4n) is 2.14. The number of likely N-dealkylation sites (N-methyl/N-ethyl adjacent to an activating group) is 1. The Labute approximate surface area is 110 Å². The van der Waals surface area contributed by atoms with Gasteiger partial charge in [0.1, 0.15) is 5.82 Å². The third kappa shape index (κ3) is 6.12. The van der Waals surface area contributed by atoms with Gasteiger partial charge in [-0.2, -0.15) is 0 Å². The van der Waals surface area contributed by atoms with E-state index in [1.165, 1.54) is 6.07 Å².